The quantitative estimate of drug-likeness (QED) is 0.147. The van der Waals surface area contributed by atoms with Crippen LogP contribution in [0.4, 0.5) is 0 Å². The van der Waals surface area contributed by atoms with Gasteiger partial charge in [0.2, 0.25) is 0 Å². The Morgan fingerprint density at radius 2 is 0.761 bits per heavy atom. The molecule has 0 spiro atoms. The van der Waals surface area contributed by atoms with Crippen molar-refractivity contribution in [2.75, 3.05) is 0 Å². The number of benzene rings is 4. The molecule has 12 heteroatoms. The van der Waals surface area contributed by atoms with Crippen LogP contribution in [0.15, 0.2) is 48.5 Å². The molecule has 0 saturated heterocycles. The van der Waals surface area contributed by atoms with Gasteiger partial charge in [0, 0.05) is 34.6 Å². The van der Waals surface area contributed by atoms with Gasteiger partial charge >= 0.3 is 53.4 Å². The Balaban J connectivity index is 0.000000349. The van der Waals surface area contributed by atoms with E-state index in [1.807, 2.05) is 0 Å². The van der Waals surface area contributed by atoms with E-state index < -0.39 is 15.6 Å². The first-order valence-electron chi connectivity index (χ1n) is 23.5. The van der Waals surface area contributed by atoms with Gasteiger partial charge in [0.05, 0.1) is 0 Å². The minimum Gasteiger partial charge on any atom is -0.736 e. The number of fused-ring (bicyclic) bond motifs is 4. The van der Waals surface area contributed by atoms with Crippen LogP contribution in [-0.2, 0) is 37.2 Å². The Hall–Kier alpha value is -2.35. The largest absolute Gasteiger partial charge is 1.00 e. The summed E-state index contributed by atoms with van der Waals surface area (Å²) in [5, 5.41) is 0. The van der Waals surface area contributed by atoms with Crippen LogP contribution in [-0.4, -0.2) is 0 Å². The normalized spacial score (nSPS) is 18.0. The minimum atomic E-state index is -4.70. The Kier molecular flexibility index (Phi) is 18.3. The van der Waals surface area contributed by atoms with Crippen LogP contribution in [0, 0.1) is 0 Å². The van der Waals surface area contributed by atoms with Crippen molar-refractivity contribution in [3.63, 3.8) is 0 Å². The maximum Gasteiger partial charge on any atom is 1.00 e. The minimum absolute atomic E-state index is 0. The summed E-state index contributed by atoms with van der Waals surface area (Å²) in [4.78, 5) is 26.3. The maximum absolute atomic E-state index is 13.4. The zero-order valence-electron chi connectivity index (χ0n) is 45.4. The van der Waals surface area contributed by atoms with Crippen molar-refractivity contribution >= 4 is 15.6 Å². The molecule has 0 N–H and O–H groups in total. The Morgan fingerprint density at radius 3 is 1.01 bits per heavy atom. The van der Waals surface area contributed by atoms with E-state index in [-0.39, 0.29) is 77.1 Å². The molecule has 0 bridgehead atoms. The van der Waals surface area contributed by atoms with Crippen LogP contribution in [0.3, 0.4) is 0 Å². The van der Waals surface area contributed by atoms with Crippen molar-refractivity contribution in [3.05, 3.63) is 115 Å². The van der Waals surface area contributed by atoms with Crippen molar-refractivity contribution < 1.29 is 74.7 Å². The van der Waals surface area contributed by atoms with Crippen molar-refractivity contribution in [1.29, 1.82) is 0 Å². The first kappa shape index (κ1) is 59.0. The standard InChI is InChI=1S/C30H45O4P.C25H35O4P.2Li/c1-18-21-14-19(27(2,3)4)16-23(29(8,9)10)25(21)33-35(31,32)34-26-22(18)15-20(28(5,6)7)17-24(26)30(11,12)13;1-14(2)18-9-20-11-21-10-19(15(3)4)13-23(17(7)8)25(21)29-30(26,27)28-24(20)22(12-18)16(5)6;;/h14-18H,1-13H3,(H,31,32);9-10,12-17H,11H2,1-8H3,(H,26,27);;/q;;2*+1/p-2. The monoisotopic (exact) mass is 943 g/mol. The first-order chi connectivity index (χ1) is 29.4. The van der Waals surface area contributed by atoms with Crippen molar-refractivity contribution in [3.8, 4) is 23.0 Å². The Bertz CT molecular complexity index is 2370. The van der Waals surface area contributed by atoms with Gasteiger partial charge in [-0.05, 0) is 89.8 Å². The third-order valence-corrected chi connectivity index (χ3v) is 14.3. The molecule has 67 heavy (non-hydrogen) atoms. The Labute approximate surface area is 429 Å². The van der Waals surface area contributed by atoms with Gasteiger partial charge in [-0.15, -0.1) is 0 Å². The molecular weight excluding hydrogens is 864 g/mol. The third-order valence-electron chi connectivity index (χ3n) is 12.7. The molecule has 0 aliphatic carbocycles. The van der Waals surface area contributed by atoms with E-state index in [1.165, 1.54) is 11.1 Å². The van der Waals surface area contributed by atoms with E-state index >= 15 is 0 Å². The van der Waals surface area contributed by atoms with Crippen LogP contribution in [0.2, 0.25) is 0 Å². The second-order valence-electron chi connectivity index (χ2n) is 23.9. The molecule has 0 fully saturated rings. The van der Waals surface area contributed by atoms with Gasteiger partial charge in [0.15, 0.2) is 0 Å². The topological polar surface area (TPSA) is 117 Å². The van der Waals surface area contributed by atoms with Crippen LogP contribution in [0.5, 0.6) is 23.0 Å². The molecule has 2 heterocycles. The molecular formula is C55H78Li2O8P2. The molecule has 6 rings (SSSR count). The summed E-state index contributed by atoms with van der Waals surface area (Å²) in [5.74, 6) is 2.46. The van der Waals surface area contributed by atoms with Crippen LogP contribution in [0.1, 0.15) is 242 Å². The average molecular weight is 943 g/mol. The Morgan fingerprint density at radius 1 is 0.463 bits per heavy atom. The number of phosphoric acid groups is 2. The van der Waals surface area contributed by atoms with Crippen LogP contribution in [0.25, 0.3) is 0 Å². The molecule has 2 aliphatic heterocycles. The summed E-state index contributed by atoms with van der Waals surface area (Å²) >= 11 is 0. The fourth-order valence-electron chi connectivity index (χ4n) is 8.47. The van der Waals surface area contributed by atoms with E-state index in [9.17, 15) is 18.9 Å². The molecule has 0 atom stereocenters. The van der Waals surface area contributed by atoms with E-state index in [0.29, 0.717) is 41.3 Å². The average Bonchev–Trinajstić information content (AvgIpc) is 3.12. The molecule has 0 amide bonds. The van der Waals surface area contributed by atoms with Crippen molar-refractivity contribution in [1.82, 2.24) is 0 Å². The predicted molar refractivity (Wildman–Crippen MR) is 265 cm³/mol. The predicted octanol–water partition coefficient (Wildman–Crippen LogP) is 9.29. The van der Waals surface area contributed by atoms with Gasteiger partial charge in [-0.2, -0.15) is 0 Å². The SMILES string of the molecule is CC(C)c1cc2c(c(C(C)C)c1)OP(=O)([O-])Oc1c(cc(C(C)C)cc1C(C)C)C2.CC1c2cc(C(C)(C)C)cc(C(C)(C)C)c2OP(=O)([O-])Oc2c1cc(C(C)(C)C)cc2C(C)(C)C.[Li+].[Li+]. The van der Waals surface area contributed by atoms with Gasteiger partial charge in [0.1, 0.15) is 23.0 Å². The third kappa shape index (κ3) is 13.5. The van der Waals surface area contributed by atoms with Gasteiger partial charge in [-0.25, -0.2) is 9.13 Å². The van der Waals surface area contributed by atoms with Crippen molar-refractivity contribution in [2.45, 2.75) is 203 Å². The maximum atomic E-state index is 13.4. The van der Waals surface area contributed by atoms with Crippen LogP contribution < -0.4 is 65.6 Å². The van der Waals surface area contributed by atoms with Crippen molar-refractivity contribution in [2.24, 2.45) is 0 Å². The van der Waals surface area contributed by atoms with E-state index in [4.69, 9.17) is 18.1 Å². The summed E-state index contributed by atoms with van der Waals surface area (Å²) in [6, 6.07) is 16.8. The van der Waals surface area contributed by atoms with Gasteiger partial charge in [-0.3, -0.25) is 0 Å². The number of phosphoric ester groups is 2. The second-order valence-corrected chi connectivity index (χ2v) is 26.4. The molecule has 0 radical (unpaired) electrons. The summed E-state index contributed by atoms with van der Waals surface area (Å²) in [6.45, 7) is 44.6. The second kappa shape index (κ2) is 20.8. The fraction of sp³-hybridized carbons (Fsp3) is 0.564. The molecule has 0 unspecified atom stereocenters. The van der Waals surface area contributed by atoms with E-state index in [2.05, 4.69) is 194 Å². The summed E-state index contributed by atoms with van der Waals surface area (Å²) in [5.41, 5.74) is 11.0. The molecule has 0 saturated carbocycles. The summed E-state index contributed by atoms with van der Waals surface area (Å²) < 4.78 is 49.1. The van der Waals surface area contributed by atoms with Crippen LogP contribution >= 0.6 is 15.6 Å². The number of hydrogen-bond donors (Lipinski definition) is 0. The first-order valence-corrected chi connectivity index (χ1v) is 26.5. The smallest absolute Gasteiger partial charge is 0.736 e. The molecule has 0 aromatic heterocycles. The molecule has 8 nitrogen and oxygen atoms in total. The zero-order chi connectivity index (χ0) is 49.3. The molecule has 4 aromatic carbocycles. The zero-order valence-corrected chi connectivity index (χ0v) is 47.2. The summed E-state index contributed by atoms with van der Waals surface area (Å²) in [7, 11) is -9.29. The van der Waals surface area contributed by atoms with Gasteiger partial charge < -0.3 is 27.9 Å². The van der Waals surface area contributed by atoms with Gasteiger partial charge in [0.25, 0.3) is 0 Å². The molecule has 2 aliphatic rings. The molecule has 4 aromatic rings. The fourth-order valence-corrected chi connectivity index (χ4v) is 10.3. The van der Waals surface area contributed by atoms with Gasteiger partial charge in [-0.1, -0.05) is 194 Å². The van der Waals surface area contributed by atoms with E-state index in [0.717, 1.165) is 55.6 Å². The number of rotatable bonds is 4. The van der Waals surface area contributed by atoms with E-state index in [1.54, 1.807) is 0 Å². The number of hydrogen-bond acceptors (Lipinski definition) is 8. The summed E-state index contributed by atoms with van der Waals surface area (Å²) in [6.07, 6.45) is 0.575. The molecule has 358 valence electrons.